The number of carbonyl (C=O) groups excluding carboxylic acids is 1. The molecule has 3 heterocycles. The van der Waals surface area contributed by atoms with E-state index in [9.17, 15) is 4.79 Å². The number of carbonyl (C=O) groups is 1. The van der Waals surface area contributed by atoms with Gasteiger partial charge in [0.25, 0.3) is 0 Å². The van der Waals surface area contributed by atoms with E-state index in [2.05, 4.69) is 30.2 Å². The number of nitrogens with one attached hydrogen (secondary N) is 2. The van der Waals surface area contributed by atoms with Crippen molar-refractivity contribution in [2.75, 3.05) is 23.3 Å². The van der Waals surface area contributed by atoms with Crippen LogP contribution in [0.1, 0.15) is 24.2 Å². The number of imidazole rings is 1. The van der Waals surface area contributed by atoms with E-state index in [0.717, 1.165) is 60.0 Å². The van der Waals surface area contributed by atoms with Crippen molar-refractivity contribution >= 4 is 28.6 Å². The number of hydrogen-bond donors (Lipinski definition) is 2. The number of piperidine rings is 1. The van der Waals surface area contributed by atoms with Crippen molar-refractivity contribution in [3.8, 4) is 0 Å². The molecule has 0 radical (unpaired) electrons. The first-order valence-corrected chi connectivity index (χ1v) is 8.90. The molecule has 1 saturated heterocycles. The Balaban J connectivity index is 1.38. The molecule has 1 amide bonds. The van der Waals surface area contributed by atoms with E-state index in [4.69, 9.17) is 0 Å². The number of amides is 1. The standard InChI is InChI=1S/C19H22N6O/c1-12-9-13(2)23-19(22-12)25-7-5-14(6-8-25)18(26)24-15-3-4-16-17(10-15)21-11-20-16/h3-4,9-11,14H,5-8H2,1-2H3,(H,20,21)(H,24,26). The van der Waals surface area contributed by atoms with Gasteiger partial charge in [-0.3, -0.25) is 4.79 Å². The van der Waals surface area contributed by atoms with Gasteiger partial charge in [0, 0.05) is 36.1 Å². The molecule has 2 aromatic heterocycles. The van der Waals surface area contributed by atoms with Crippen molar-refractivity contribution in [3.63, 3.8) is 0 Å². The molecule has 0 atom stereocenters. The van der Waals surface area contributed by atoms with Crippen LogP contribution in [0.2, 0.25) is 0 Å². The van der Waals surface area contributed by atoms with Crippen LogP contribution in [0.15, 0.2) is 30.6 Å². The van der Waals surface area contributed by atoms with Crippen molar-refractivity contribution in [3.05, 3.63) is 42.0 Å². The Morgan fingerprint density at radius 2 is 1.88 bits per heavy atom. The Labute approximate surface area is 151 Å². The molecule has 3 aromatic rings. The minimum Gasteiger partial charge on any atom is -0.345 e. The average Bonchev–Trinajstić information content (AvgIpc) is 3.09. The predicted octanol–water partition coefficient (Wildman–Crippen LogP) is 2.82. The van der Waals surface area contributed by atoms with Crippen molar-refractivity contribution in [2.45, 2.75) is 26.7 Å². The zero-order valence-electron chi connectivity index (χ0n) is 15.0. The quantitative estimate of drug-likeness (QED) is 0.758. The van der Waals surface area contributed by atoms with Crippen LogP contribution in [-0.4, -0.2) is 38.9 Å². The van der Waals surface area contributed by atoms with Gasteiger partial charge in [-0.15, -0.1) is 0 Å². The number of anilines is 2. The molecule has 1 fully saturated rings. The minimum absolute atomic E-state index is 0.00891. The number of H-pyrrole nitrogens is 1. The van der Waals surface area contributed by atoms with E-state index in [0.29, 0.717) is 0 Å². The fourth-order valence-corrected chi connectivity index (χ4v) is 3.45. The fraction of sp³-hybridized carbons (Fsp3) is 0.368. The lowest BCUT2D eigenvalue weighted by molar-refractivity contribution is -0.120. The number of nitrogens with zero attached hydrogens (tertiary/aromatic N) is 4. The molecule has 1 aliphatic rings. The molecule has 0 unspecified atom stereocenters. The Kier molecular flexibility index (Phi) is 4.28. The third kappa shape index (κ3) is 3.37. The first kappa shape index (κ1) is 16.5. The number of aromatic nitrogens is 4. The number of aromatic amines is 1. The molecule has 1 aliphatic heterocycles. The molecule has 2 N–H and O–H groups in total. The smallest absolute Gasteiger partial charge is 0.227 e. The van der Waals surface area contributed by atoms with Crippen molar-refractivity contribution in [1.29, 1.82) is 0 Å². The van der Waals surface area contributed by atoms with Gasteiger partial charge in [0.15, 0.2) is 0 Å². The van der Waals surface area contributed by atoms with Gasteiger partial charge in [-0.25, -0.2) is 15.0 Å². The summed E-state index contributed by atoms with van der Waals surface area (Å²) in [5.74, 6) is 0.852. The summed E-state index contributed by atoms with van der Waals surface area (Å²) < 4.78 is 0. The molecule has 26 heavy (non-hydrogen) atoms. The summed E-state index contributed by atoms with van der Waals surface area (Å²) in [6, 6.07) is 7.68. The van der Waals surface area contributed by atoms with E-state index in [1.54, 1.807) is 6.33 Å². The van der Waals surface area contributed by atoms with Gasteiger partial charge in [0.2, 0.25) is 11.9 Å². The highest BCUT2D eigenvalue weighted by Crippen LogP contribution is 2.23. The summed E-state index contributed by atoms with van der Waals surface area (Å²) in [7, 11) is 0. The van der Waals surface area contributed by atoms with Gasteiger partial charge in [0.1, 0.15) is 0 Å². The molecule has 0 aliphatic carbocycles. The summed E-state index contributed by atoms with van der Waals surface area (Å²) in [6.45, 7) is 5.55. The van der Waals surface area contributed by atoms with Gasteiger partial charge in [-0.05, 0) is 51.0 Å². The SMILES string of the molecule is Cc1cc(C)nc(N2CCC(C(=O)Nc3ccc4nc[nH]c4c3)CC2)n1. The minimum atomic E-state index is 0.00891. The lowest BCUT2D eigenvalue weighted by Crippen LogP contribution is -2.39. The van der Waals surface area contributed by atoms with Gasteiger partial charge < -0.3 is 15.2 Å². The number of benzene rings is 1. The zero-order valence-corrected chi connectivity index (χ0v) is 15.0. The largest absolute Gasteiger partial charge is 0.345 e. The van der Waals surface area contributed by atoms with E-state index in [1.165, 1.54) is 0 Å². The van der Waals surface area contributed by atoms with Crippen LogP contribution < -0.4 is 10.2 Å². The topological polar surface area (TPSA) is 86.8 Å². The Bertz CT molecular complexity index is 922. The van der Waals surface area contributed by atoms with Crippen LogP contribution in [0.3, 0.4) is 0 Å². The molecule has 1 aromatic carbocycles. The van der Waals surface area contributed by atoms with E-state index < -0.39 is 0 Å². The van der Waals surface area contributed by atoms with Crippen LogP contribution in [0.4, 0.5) is 11.6 Å². The number of fused-ring (bicyclic) bond motifs is 1. The predicted molar refractivity (Wildman–Crippen MR) is 101 cm³/mol. The van der Waals surface area contributed by atoms with Crippen LogP contribution >= 0.6 is 0 Å². The summed E-state index contributed by atoms with van der Waals surface area (Å²) in [5, 5.41) is 3.03. The highest BCUT2D eigenvalue weighted by Gasteiger charge is 2.26. The first-order chi connectivity index (χ1) is 12.6. The lowest BCUT2D eigenvalue weighted by Gasteiger charge is -2.31. The summed E-state index contributed by atoms with van der Waals surface area (Å²) >= 11 is 0. The second kappa shape index (κ2) is 6.74. The maximum absolute atomic E-state index is 12.6. The van der Waals surface area contributed by atoms with Gasteiger partial charge in [-0.2, -0.15) is 0 Å². The molecule has 0 bridgehead atoms. The second-order valence-corrected chi connectivity index (χ2v) is 6.84. The number of aryl methyl sites for hydroxylation is 2. The number of hydrogen-bond acceptors (Lipinski definition) is 5. The number of rotatable bonds is 3. The molecule has 0 spiro atoms. The Morgan fingerprint density at radius 1 is 1.15 bits per heavy atom. The van der Waals surface area contributed by atoms with E-state index in [-0.39, 0.29) is 11.8 Å². The highest BCUT2D eigenvalue weighted by atomic mass is 16.1. The molecule has 7 nitrogen and oxygen atoms in total. The normalized spacial score (nSPS) is 15.4. The zero-order chi connectivity index (χ0) is 18.1. The highest BCUT2D eigenvalue weighted by molar-refractivity contribution is 5.94. The van der Waals surface area contributed by atoms with E-state index >= 15 is 0 Å². The van der Waals surface area contributed by atoms with Gasteiger partial charge >= 0.3 is 0 Å². The third-order valence-electron chi connectivity index (χ3n) is 4.81. The third-order valence-corrected chi connectivity index (χ3v) is 4.81. The molecular weight excluding hydrogens is 328 g/mol. The molecule has 0 saturated carbocycles. The molecule has 134 valence electrons. The van der Waals surface area contributed by atoms with Gasteiger partial charge in [-0.1, -0.05) is 0 Å². The van der Waals surface area contributed by atoms with Gasteiger partial charge in [0.05, 0.1) is 17.4 Å². The first-order valence-electron chi connectivity index (χ1n) is 8.90. The maximum atomic E-state index is 12.6. The fourth-order valence-electron chi connectivity index (χ4n) is 3.45. The monoisotopic (exact) mass is 350 g/mol. The van der Waals surface area contributed by atoms with Crippen LogP contribution in [0, 0.1) is 19.8 Å². The van der Waals surface area contributed by atoms with Crippen molar-refractivity contribution < 1.29 is 4.79 Å². The molecule has 4 rings (SSSR count). The van der Waals surface area contributed by atoms with Crippen LogP contribution in [0.5, 0.6) is 0 Å². The van der Waals surface area contributed by atoms with Crippen LogP contribution in [-0.2, 0) is 4.79 Å². The van der Waals surface area contributed by atoms with Crippen molar-refractivity contribution in [2.24, 2.45) is 5.92 Å². The second-order valence-electron chi connectivity index (χ2n) is 6.84. The van der Waals surface area contributed by atoms with Crippen LogP contribution in [0.25, 0.3) is 11.0 Å². The average molecular weight is 350 g/mol. The lowest BCUT2D eigenvalue weighted by atomic mass is 9.96. The summed E-state index contributed by atoms with van der Waals surface area (Å²) in [5.41, 5.74) is 4.56. The molecule has 7 heteroatoms. The molecular formula is C19H22N6O. The summed E-state index contributed by atoms with van der Waals surface area (Å²) in [4.78, 5) is 31.1. The summed E-state index contributed by atoms with van der Waals surface area (Å²) in [6.07, 6.45) is 3.25. The van der Waals surface area contributed by atoms with E-state index in [1.807, 2.05) is 38.1 Å². The Hall–Kier alpha value is -2.96. The maximum Gasteiger partial charge on any atom is 0.227 e. The Morgan fingerprint density at radius 3 is 2.62 bits per heavy atom. The van der Waals surface area contributed by atoms with Crippen molar-refractivity contribution in [1.82, 2.24) is 19.9 Å².